The van der Waals surface area contributed by atoms with Gasteiger partial charge in [-0.2, -0.15) is 4.98 Å². The molecule has 4 nitrogen and oxygen atoms in total. The van der Waals surface area contributed by atoms with Gasteiger partial charge in [-0.25, -0.2) is 0 Å². The maximum atomic E-state index is 5.35. The van der Waals surface area contributed by atoms with Gasteiger partial charge in [0.1, 0.15) is 0 Å². The van der Waals surface area contributed by atoms with Crippen LogP contribution in [0.1, 0.15) is 44.3 Å². The van der Waals surface area contributed by atoms with E-state index < -0.39 is 0 Å². The summed E-state index contributed by atoms with van der Waals surface area (Å²) >= 11 is 0. The van der Waals surface area contributed by atoms with Crippen molar-refractivity contribution in [2.24, 2.45) is 5.92 Å². The summed E-state index contributed by atoms with van der Waals surface area (Å²) in [6, 6.07) is 0. The SMILES string of the molecule is CC1(c2noc(CC3CC3)n2)CCNCC1.Cl. The molecule has 2 aliphatic rings. The largest absolute Gasteiger partial charge is 0.339 e. The van der Waals surface area contributed by atoms with Crippen molar-refractivity contribution in [2.45, 2.75) is 44.4 Å². The predicted molar refractivity (Wildman–Crippen MR) is 67.4 cm³/mol. The highest BCUT2D eigenvalue weighted by Crippen LogP contribution is 2.34. The molecule has 1 aliphatic heterocycles. The average molecular weight is 258 g/mol. The van der Waals surface area contributed by atoms with Crippen molar-refractivity contribution in [2.75, 3.05) is 13.1 Å². The van der Waals surface area contributed by atoms with E-state index in [9.17, 15) is 0 Å². The van der Waals surface area contributed by atoms with E-state index in [0.717, 1.165) is 50.0 Å². The molecule has 1 aromatic heterocycles. The number of nitrogens with one attached hydrogen (secondary N) is 1. The first-order chi connectivity index (χ1) is 7.76. The second-order valence-corrected chi connectivity index (χ2v) is 5.47. The molecular formula is C12H20ClN3O. The van der Waals surface area contributed by atoms with Gasteiger partial charge in [0.05, 0.1) is 0 Å². The van der Waals surface area contributed by atoms with Crippen molar-refractivity contribution in [3.63, 3.8) is 0 Å². The standard InChI is InChI=1S/C12H19N3O.ClH/c1-12(4-6-13-7-5-12)11-14-10(16-15-11)8-9-2-3-9;/h9,13H,2-8H2,1H3;1H. The first-order valence-electron chi connectivity index (χ1n) is 6.30. The number of aromatic nitrogens is 2. The summed E-state index contributed by atoms with van der Waals surface area (Å²) in [6.07, 6.45) is 5.87. The number of halogens is 1. The Morgan fingerprint density at radius 3 is 2.71 bits per heavy atom. The van der Waals surface area contributed by atoms with E-state index in [2.05, 4.69) is 22.4 Å². The maximum absolute atomic E-state index is 5.35. The van der Waals surface area contributed by atoms with Crippen LogP contribution < -0.4 is 5.32 Å². The minimum atomic E-state index is 0. The molecule has 0 unspecified atom stereocenters. The first kappa shape index (κ1) is 12.8. The Kier molecular flexibility index (Phi) is 3.73. The highest BCUT2D eigenvalue weighted by Gasteiger charge is 2.34. The van der Waals surface area contributed by atoms with Crippen LogP contribution in [0, 0.1) is 5.92 Å². The summed E-state index contributed by atoms with van der Waals surface area (Å²) in [5, 5.41) is 7.55. The van der Waals surface area contributed by atoms with E-state index >= 15 is 0 Å². The highest BCUT2D eigenvalue weighted by molar-refractivity contribution is 5.85. The van der Waals surface area contributed by atoms with Gasteiger partial charge >= 0.3 is 0 Å². The minimum absolute atomic E-state index is 0. The number of hydrogen-bond donors (Lipinski definition) is 1. The summed E-state index contributed by atoms with van der Waals surface area (Å²) in [5.41, 5.74) is 0.122. The van der Waals surface area contributed by atoms with Crippen LogP contribution in [0.25, 0.3) is 0 Å². The quantitative estimate of drug-likeness (QED) is 0.901. The van der Waals surface area contributed by atoms with E-state index in [-0.39, 0.29) is 17.8 Å². The van der Waals surface area contributed by atoms with E-state index in [4.69, 9.17) is 4.52 Å². The van der Waals surface area contributed by atoms with Gasteiger partial charge in [0.15, 0.2) is 5.82 Å². The average Bonchev–Trinajstić information content (AvgIpc) is 2.95. The number of rotatable bonds is 3. The molecule has 1 aliphatic carbocycles. The Hall–Kier alpha value is -0.610. The zero-order valence-corrected chi connectivity index (χ0v) is 11.1. The second kappa shape index (κ2) is 4.94. The molecule has 17 heavy (non-hydrogen) atoms. The number of nitrogens with zero attached hydrogens (tertiary/aromatic N) is 2. The van der Waals surface area contributed by atoms with Crippen molar-refractivity contribution in [1.82, 2.24) is 15.5 Å². The first-order valence-corrected chi connectivity index (χ1v) is 6.30. The zero-order valence-electron chi connectivity index (χ0n) is 10.2. The molecule has 2 heterocycles. The third-order valence-electron chi connectivity index (χ3n) is 3.88. The molecule has 5 heteroatoms. The Morgan fingerprint density at radius 1 is 1.35 bits per heavy atom. The van der Waals surface area contributed by atoms with Crippen molar-refractivity contribution in [1.29, 1.82) is 0 Å². The Morgan fingerprint density at radius 2 is 2.06 bits per heavy atom. The smallest absolute Gasteiger partial charge is 0.226 e. The van der Waals surface area contributed by atoms with E-state index in [1.807, 2.05) is 0 Å². The molecular weight excluding hydrogens is 238 g/mol. The van der Waals surface area contributed by atoms with Crippen molar-refractivity contribution < 1.29 is 4.52 Å². The summed E-state index contributed by atoms with van der Waals surface area (Å²) in [6.45, 7) is 4.37. The Labute approximate surface area is 108 Å². The molecule has 1 saturated carbocycles. The molecule has 96 valence electrons. The topological polar surface area (TPSA) is 51.0 Å². The molecule has 0 spiro atoms. The monoisotopic (exact) mass is 257 g/mol. The normalized spacial score (nSPS) is 23.1. The number of piperidine rings is 1. The lowest BCUT2D eigenvalue weighted by atomic mass is 9.80. The van der Waals surface area contributed by atoms with Crippen LogP contribution in [0.5, 0.6) is 0 Å². The third kappa shape index (κ3) is 2.80. The third-order valence-corrected chi connectivity index (χ3v) is 3.88. The van der Waals surface area contributed by atoms with Gasteiger partial charge in [-0.3, -0.25) is 0 Å². The van der Waals surface area contributed by atoms with E-state index in [0.29, 0.717) is 0 Å². The van der Waals surface area contributed by atoms with Crippen LogP contribution in [0.15, 0.2) is 4.52 Å². The van der Waals surface area contributed by atoms with Gasteiger partial charge in [0.25, 0.3) is 0 Å². The molecule has 1 aromatic rings. The van der Waals surface area contributed by atoms with Crippen LogP contribution in [0.4, 0.5) is 0 Å². The van der Waals surface area contributed by atoms with Crippen LogP contribution in [0.3, 0.4) is 0 Å². The summed E-state index contributed by atoms with van der Waals surface area (Å²) in [7, 11) is 0. The Balaban J connectivity index is 0.00000108. The van der Waals surface area contributed by atoms with Gasteiger partial charge in [-0.1, -0.05) is 12.1 Å². The summed E-state index contributed by atoms with van der Waals surface area (Å²) in [4.78, 5) is 4.58. The van der Waals surface area contributed by atoms with E-state index in [1.54, 1.807) is 0 Å². The highest BCUT2D eigenvalue weighted by atomic mass is 35.5. The molecule has 0 radical (unpaired) electrons. The lowest BCUT2D eigenvalue weighted by molar-refractivity contribution is 0.299. The van der Waals surface area contributed by atoms with Gasteiger partial charge in [-0.15, -0.1) is 12.4 Å². The molecule has 1 N–H and O–H groups in total. The van der Waals surface area contributed by atoms with Gasteiger partial charge in [0.2, 0.25) is 5.89 Å². The van der Waals surface area contributed by atoms with Crippen molar-refractivity contribution >= 4 is 12.4 Å². The fraction of sp³-hybridized carbons (Fsp3) is 0.833. The molecule has 0 aromatic carbocycles. The fourth-order valence-electron chi connectivity index (χ4n) is 2.35. The van der Waals surface area contributed by atoms with Gasteiger partial charge in [0, 0.05) is 11.8 Å². The lowest BCUT2D eigenvalue weighted by Crippen LogP contribution is -2.38. The van der Waals surface area contributed by atoms with Crippen LogP contribution >= 0.6 is 12.4 Å². The fourth-order valence-corrected chi connectivity index (χ4v) is 2.35. The van der Waals surface area contributed by atoms with Crippen LogP contribution in [-0.2, 0) is 11.8 Å². The molecule has 0 bridgehead atoms. The molecule has 0 amide bonds. The molecule has 3 rings (SSSR count). The molecule has 1 saturated heterocycles. The maximum Gasteiger partial charge on any atom is 0.226 e. The predicted octanol–water partition coefficient (Wildman–Crippen LogP) is 2.09. The number of hydrogen-bond acceptors (Lipinski definition) is 4. The second-order valence-electron chi connectivity index (χ2n) is 5.47. The minimum Gasteiger partial charge on any atom is -0.339 e. The molecule has 0 atom stereocenters. The van der Waals surface area contributed by atoms with Gasteiger partial charge < -0.3 is 9.84 Å². The summed E-state index contributed by atoms with van der Waals surface area (Å²) < 4.78 is 5.35. The van der Waals surface area contributed by atoms with Crippen LogP contribution in [0.2, 0.25) is 0 Å². The summed E-state index contributed by atoms with van der Waals surface area (Å²) in [5.74, 6) is 2.58. The van der Waals surface area contributed by atoms with E-state index in [1.165, 1.54) is 12.8 Å². The zero-order chi connectivity index (χ0) is 11.0. The van der Waals surface area contributed by atoms with Crippen molar-refractivity contribution in [3.8, 4) is 0 Å². The Bertz CT molecular complexity index is 370. The lowest BCUT2D eigenvalue weighted by Gasteiger charge is -2.30. The van der Waals surface area contributed by atoms with Gasteiger partial charge in [-0.05, 0) is 44.7 Å². The molecule has 2 fully saturated rings. The van der Waals surface area contributed by atoms with Crippen LogP contribution in [-0.4, -0.2) is 23.2 Å². The van der Waals surface area contributed by atoms with Crippen molar-refractivity contribution in [3.05, 3.63) is 11.7 Å².